The van der Waals surface area contributed by atoms with Gasteiger partial charge >= 0.3 is 6.01 Å². The quantitative estimate of drug-likeness (QED) is 0.356. The molecule has 0 bridgehead atoms. The van der Waals surface area contributed by atoms with Crippen LogP contribution in [0.25, 0.3) is 22.4 Å². The van der Waals surface area contributed by atoms with Gasteiger partial charge in [-0.3, -0.25) is 5.32 Å². The topological polar surface area (TPSA) is 114 Å². The molecule has 9 nitrogen and oxygen atoms in total. The van der Waals surface area contributed by atoms with E-state index >= 15 is 0 Å². The number of oxazole rings is 1. The Labute approximate surface area is 200 Å². The number of nitrogens with two attached hydrogens (primary N) is 1. The van der Waals surface area contributed by atoms with Crippen LogP contribution in [0, 0.1) is 11.6 Å². The summed E-state index contributed by atoms with van der Waals surface area (Å²) in [5, 5.41) is 6.04. The van der Waals surface area contributed by atoms with Crippen LogP contribution < -0.4 is 26.0 Å². The van der Waals surface area contributed by atoms with E-state index in [1.807, 2.05) is 30.9 Å². The highest BCUT2D eigenvalue weighted by molar-refractivity contribution is 5.79. The monoisotopic (exact) mass is 481 g/mol. The lowest BCUT2D eigenvalue weighted by atomic mass is 10.1. The predicted molar refractivity (Wildman–Crippen MR) is 130 cm³/mol. The Morgan fingerprint density at radius 1 is 1.14 bits per heavy atom. The Bertz CT molecular complexity index is 1380. The third kappa shape index (κ3) is 4.54. The molecule has 4 aromatic rings. The van der Waals surface area contributed by atoms with Crippen LogP contribution in [0.3, 0.4) is 0 Å². The first-order chi connectivity index (χ1) is 16.9. The lowest BCUT2D eigenvalue weighted by Crippen LogP contribution is -2.38. The van der Waals surface area contributed by atoms with E-state index in [0.29, 0.717) is 43.0 Å². The van der Waals surface area contributed by atoms with Crippen molar-refractivity contribution in [3.05, 3.63) is 48.2 Å². The van der Waals surface area contributed by atoms with Gasteiger partial charge in [0.25, 0.3) is 0 Å². The minimum absolute atomic E-state index is 0.0529. The van der Waals surface area contributed by atoms with Crippen LogP contribution in [0.5, 0.6) is 5.75 Å². The van der Waals surface area contributed by atoms with Crippen LogP contribution in [-0.4, -0.2) is 47.2 Å². The molecule has 1 aliphatic heterocycles. The van der Waals surface area contributed by atoms with Gasteiger partial charge < -0.3 is 25.1 Å². The third-order valence-electron chi connectivity index (χ3n) is 5.63. The number of anilines is 4. The molecule has 0 aliphatic carbocycles. The molecule has 3 heterocycles. The van der Waals surface area contributed by atoms with Gasteiger partial charge in [0.05, 0.1) is 18.4 Å². The van der Waals surface area contributed by atoms with Gasteiger partial charge in [0, 0.05) is 30.4 Å². The van der Waals surface area contributed by atoms with Gasteiger partial charge in [-0.2, -0.15) is 4.98 Å². The highest BCUT2D eigenvalue weighted by Crippen LogP contribution is 2.39. The van der Waals surface area contributed by atoms with Crippen molar-refractivity contribution in [3.8, 4) is 17.0 Å². The lowest BCUT2D eigenvalue weighted by Gasteiger charge is -2.34. The molecule has 0 spiro atoms. The van der Waals surface area contributed by atoms with Gasteiger partial charge in [-0.25, -0.2) is 18.7 Å². The number of ether oxygens (including phenoxy) is 1. The molecular formula is C24H25F2N7O2. The number of nitrogens with zero attached hydrogens (tertiary/aromatic N) is 4. The molecule has 0 radical (unpaired) electrons. The molecule has 2 aromatic carbocycles. The van der Waals surface area contributed by atoms with E-state index in [9.17, 15) is 8.78 Å². The Kier molecular flexibility index (Phi) is 6.08. The fourth-order valence-corrected chi connectivity index (χ4v) is 4.01. The molecule has 0 atom stereocenters. The summed E-state index contributed by atoms with van der Waals surface area (Å²) < 4.78 is 40.9. The van der Waals surface area contributed by atoms with Crippen LogP contribution in [-0.2, 0) is 0 Å². The average Bonchev–Trinajstić information content (AvgIpc) is 3.25. The summed E-state index contributed by atoms with van der Waals surface area (Å²) in [7, 11) is 0. The van der Waals surface area contributed by atoms with E-state index in [1.54, 1.807) is 12.1 Å². The average molecular weight is 482 g/mol. The summed E-state index contributed by atoms with van der Waals surface area (Å²) in [6.45, 7) is 6.13. The maximum atomic E-state index is 14.9. The highest BCUT2D eigenvalue weighted by atomic mass is 19.1. The molecule has 4 N–H and O–H groups in total. The second-order valence-electron chi connectivity index (χ2n) is 8.37. The molecule has 35 heavy (non-hydrogen) atoms. The zero-order chi connectivity index (χ0) is 24.5. The number of benzene rings is 2. The van der Waals surface area contributed by atoms with Crippen LogP contribution >= 0.6 is 0 Å². The summed E-state index contributed by atoms with van der Waals surface area (Å²) in [6, 6.07) is 8.62. The maximum Gasteiger partial charge on any atom is 0.302 e. The van der Waals surface area contributed by atoms with Crippen molar-refractivity contribution in [1.82, 2.24) is 15.0 Å². The zero-order valence-electron chi connectivity index (χ0n) is 19.3. The molecule has 0 saturated heterocycles. The van der Waals surface area contributed by atoms with E-state index in [1.165, 1.54) is 6.07 Å². The minimum Gasteiger partial charge on any atom is -0.486 e. The standard InChI is InChI=1S/C24H25F2N7O2/c1-13(2)33-7-8-34-22-16(25)9-14(10-19(22)33)21-17(26)12-29-23(31-21)32-24-30-18-11-15(28-6-5-27)3-4-20(18)35-24/h3-4,9-13,28H,5-8,27H2,1-2H3,(H,29,30,31,32). The normalized spacial score (nSPS) is 13.1. The van der Waals surface area contributed by atoms with Gasteiger partial charge in [-0.15, -0.1) is 0 Å². The highest BCUT2D eigenvalue weighted by Gasteiger charge is 2.25. The van der Waals surface area contributed by atoms with E-state index in [-0.39, 0.29) is 35.0 Å². The number of rotatable bonds is 7. The third-order valence-corrected chi connectivity index (χ3v) is 5.63. The number of aromatic nitrogens is 3. The van der Waals surface area contributed by atoms with Crippen LogP contribution in [0.4, 0.5) is 32.1 Å². The molecule has 5 rings (SSSR count). The zero-order valence-corrected chi connectivity index (χ0v) is 19.3. The van der Waals surface area contributed by atoms with Gasteiger partial charge in [-0.1, -0.05) is 0 Å². The van der Waals surface area contributed by atoms with Crippen LogP contribution in [0.1, 0.15) is 13.8 Å². The molecule has 182 valence electrons. The lowest BCUT2D eigenvalue weighted by molar-refractivity contribution is 0.287. The Morgan fingerprint density at radius 2 is 2.00 bits per heavy atom. The van der Waals surface area contributed by atoms with E-state index in [0.717, 1.165) is 11.9 Å². The van der Waals surface area contributed by atoms with Gasteiger partial charge in [0.2, 0.25) is 5.95 Å². The Balaban J connectivity index is 1.46. The predicted octanol–water partition coefficient (Wildman–Crippen LogP) is 4.28. The van der Waals surface area contributed by atoms with Crippen LogP contribution in [0.2, 0.25) is 0 Å². The first-order valence-electron chi connectivity index (χ1n) is 11.3. The summed E-state index contributed by atoms with van der Waals surface area (Å²) in [5.41, 5.74) is 8.34. The molecule has 0 fully saturated rings. The second kappa shape index (κ2) is 9.34. The number of fused-ring (bicyclic) bond motifs is 2. The minimum atomic E-state index is -0.684. The Morgan fingerprint density at radius 3 is 2.80 bits per heavy atom. The number of halogens is 2. The second-order valence-corrected chi connectivity index (χ2v) is 8.37. The molecular weight excluding hydrogens is 456 g/mol. The SMILES string of the molecule is CC(C)N1CCOc2c(F)cc(-c3nc(Nc4nc5cc(NCCN)ccc5o4)ncc3F)cc21. The first kappa shape index (κ1) is 22.8. The van der Waals surface area contributed by atoms with Crippen molar-refractivity contribution in [1.29, 1.82) is 0 Å². The van der Waals surface area contributed by atoms with Crippen molar-refractivity contribution in [3.63, 3.8) is 0 Å². The summed E-state index contributed by atoms with van der Waals surface area (Å²) in [6.07, 6.45) is 1.02. The molecule has 0 unspecified atom stereocenters. The Hall–Kier alpha value is -3.99. The summed E-state index contributed by atoms with van der Waals surface area (Å²) >= 11 is 0. The van der Waals surface area contributed by atoms with Crippen molar-refractivity contribution in [2.24, 2.45) is 5.73 Å². The van der Waals surface area contributed by atoms with Gasteiger partial charge in [-0.05, 0) is 44.2 Å². The summed E-state index contributed by atoms with van der Waals surface area (Å²) in [4.78, 5) is 14.7. The van der Waals surface area contributed by atoms with Gasteiger partial charge in [0.15, 0.2) is 23.0 Å². The van der Waals surface area contributed by atoms with E-state index in [4.69, 9.17) is 14.9 Å². The maximum absolute atomic E-state index is 14.9. The fraction of sp³-hybridized carbons (Fsp3) is 0.292. The van der Waals surface area contributed by atoms with Crippen LogP contribution in [0.15, 0.2) is 40.9 Å². The number of hydrogen-bond acceptors (Lipinski definition) is 9. The van der Waals surface area contributed by atoms with Crippen molar-refractivity contribution >= 4 is 34.4 Å². The molecule has 0 saturated carbocycles. The largest absolute Gasteiger partial charge is 0.486 e. The molecule has 11 heteroatoms. The molecule has 1 aliphatic rings. The van der Waals surface area contributed by atoms with Gasteiger partial charge in [0.1, 0.15) is 17.8 Å². The van der Waals surface area contributed by atoms with Crippen molar-refractivity contribution in [2.75, 3.05) is 41.8 Å². The van der Waals surface area contributed by atoms with Crippen molar-refractivity contribution in [2.45, 2.75) is 19.9 Å². The first-order valence-corrected chi connectivity index (χ1v) is 11.3. The van der Waals surface area contributed by atoms with E-state index in [2.05, 4.69) is 25.6 Å². The number of hydrogen-bond donors (Lipinski definition) is 3. The fourth-order valence-electron chi connectivity index (χ4n) is 4.01. The smallest absolute Gasteiger partial charge is 0.302 e. The van der Waals surface area contributed by atoms with Crippen molar-refractivity contribution < 1.29 is 17.9 Å². The van der Waals surface area contributed by atoms with E-state index < -0.39 is 11.6 Å². The number of nitrogens with one attached hydrogen (secondary N) is 2. The summed E-state index contributed by atoms with van der Waals surface area (Å²) in [5.74, 6) is -1.04. The molecule has 0 amide bonds. The molecule has 2 aromatic heterocycles.